The third kappa shape index (κ3) is 2.33. The molecule has 3 rings (SSSR count). The first-order chi connectivity index (χ1) is 9.79. The molecule has 2 N–H and O–H groups in total. The lowest BCUT2D eigenvalue weighted by Crippen LogP contribution is -1.99. The first-order valence-corrected chi connectivity index (χ1v) is 6.66. The fourth-order valence-corrected chi connectivity index (χ4v) is 2.30. The van der Waals surface area contributed by atoms with Crippen LogP contribution in [0.4, 0.5) is 0 Å². The molecule has 0 atom stereocenters. The van der Waals surface area contributed by atoms with Gasteiger partial charge in [0.05, 0.1) is 5.02 Å². The standard InChI is InChI=1S/C16H13ClN2O/c17-13-7-8-15(16-12(13)5-3-9-19-16)20-14-6-2-1-4-11(14)10-18/h1-9H,10,18H2. The van der Waals surface area contributed by atoms with Gasteiger partial charge in [0.1, 0.15) is 11.3 Å². The second kappa shape index (κ2) is 5.49. The number of nitrogens with zero attached hydrogens (tertiary/aromatic N) is 1. The van der Waals surface area contributed by atoms with Crippen molar-refractivity contribution in [2.24, 2.45) is 5.73 Å². The molecule has 0 radical (unpaired) electrons. The Morgan fingerprint density at radius 1 is 1.00 bits per heavy atom. The maximum atomic E-state index is 6.17. The van der Waals surface area contributed by atoms with Crippen LogP contribution in [-0.2, 0) is 6.54 Å². The van der Waals surface area contributed by atoms with Crippen LogP contribution < -0.4 is 10.5 Å². The number of ether oxygens (including phenoxy) is 1. The van der Waals surface area contributed by atoms with Gasteiger partial charge in [-0.2, -0.15) is 0 Å². The van der Waals surface area contributed by atoms with E-state index in [1.165, 1.54) is 0 Å². The average molecular weight is 285 g/mol. The van der Waals surface area contributed by atoms with Gasteiger partial charge in [0.2, 0.25) is 0 Å². The number of nitrogens with two attached hydrogens (primary N) is 1. The van der Waals surface area contributed by atoms with Gasteiger partial charge in [0.25, 0.3) is 0 Å². The summed E-state index contributed by atoms with van der Waals surface area (Å²) < 4.78 is 5.97. The molecule has 0 aliphatic carbocycles. The van der Waals surface area contributed by atoms with Gasteiger partial charge in [-0.3, -0.25) is 4.98 Å². The molecule has 0 unspecified atom stereocenters. The fraction of sp³-hybridized carbons (Fsp3) is 0.0625. The Balaban J connectivity index is 2.09. The minimum absolute atomic E-state index is 0.426. The van der Waals surface area contributed by atoms with Crippen molar-refractivity contribution in [3.8, 4) is 11.5 Å². The Morgan fingerprint density at radius 2 is 1.85 bits per heavy atom. The predicted molar refractivity (Wildman–Crippen MR) is 81.2 cm³/mol. The zero-order valence-corrected chi connectivity index (χ0v) is 11.5. The predicted octanol–water partition coefficient (Wildman–Crippen LogP) is 4.14. The lowest BCUT2D eigenvalue weighted by atomic mass is 10.2. The molecule has 0 spiro atoms. The molecule has 3 nitrogen and oxygen atoms in total. The number of pyridine rings is 1. The molecule has 0 saturated carbocycles. The molecular weight excluding hydrogens is 272 g/mol. The summed E-state index contributed by atoms with van der Waals surface area (Å²) in [5, 5.41) is 1.53. The maximum Gasteiger partial charge on any atom is 0.153 e. The largest absolute Gasteiger partial charge is 0.455 e. The van der Waals surface area contributed by atoms with Crippen LogP contribution in [-0.4, -0.2) is 4.98 Å². The SMILES string of the molecule is NCc1ccccc1Oc1ccc(Cl)c2cccnc12. The lowest BCUT2D eigenvalue weighted by Gasteiger charge is -2.12. The second-order valence-corrected chi connectivity index (χ2v) is 4.77. The molecule has 1 heterocycles. The molecule has 0 aliphatic rings. The molecule has 100 valence electrons. The number of aromatic nitrogens is 1. The van der Waals surface area contributed by atoms with Gasteiger partial charge < -0.3 is 10.5 Å². The van der Waals surface area contributed by atoms with Gasteiger partial charge in [-0.15, -0.1) is 0 Å². The van der Waals surface area contributed by atoms with E-state index in [2.05, 4.69) is 4.98 Å². The molecule has 0 saturated heterocycles. The first-order valence-electron chi connectivity index (χ1n) is 6.28. The minimum Gasteiger partial charge on any atom is -0.455 e. The Hall–Kier alpha value is -2.10. The third-order valence-electron chi connectivity index (χ3n) is 3.09. The van der Waals surface area contributed by atoms with E-state index in [9.17, 15) is 0 Å². The average Bonchev–Trinajstić information content (AvgIpc) is 2.51. The van der Waals surface area contributed by atoms with Crippen molar-refractivity contribution in [1.29, 1.82) is 0 Å². The molecule has 2 aromatic carbocycles. The monoisotopic (exact) mass is 284 g/mol. The Kier molecular flexibility index (Phi) is 3.54. The summed E-state index contributed by atoms with van der Waals surface area (Å²) in [5.74, 6) is 1.41. The maximum absolute atomic E-state index is 6.17. The second-order valence-electron chi connectivity index (χ2n) is 4.36. The highest BCUT2D eigenvalue weighted by Crippen LogP contribution is 2.33. The summed E-state index contributed by atoms with van der Waals surface area (Å²) in [6.45, 7) is 0.426. The molecule has 4 heteroatoms. The third-order valence-corrected chi connectivity index (χ3v) is 3.42. The van der Waals surface area contributed by atoms with Gasteiger partial charge in [0, 0.05) is 23.7 Å². The number of fused-ring (bicyclic) bond motifs is 1. The summed E-state index contributed by atoms with van der Waals surface area (Å²) in [5.41, 5.74) is 7.42. The molecule has 0 aliphatic heterocycles. The van der Waals surface area contributed by atoms with E-state index in [-0.39, 0.29) is 0 Å². The summed E-state index contributed by atoms with van der Waals surface area (Å²) >= 11 is 6.17. The van der Waals surface area contributed by atoms with Gasteiger partial charge in [-0.05, 0) is 30.3 Å². The number of benzene rings is 2. The van der Waals surface area contributed by atoms with E-state index in [0.29, 0.717) is 17.3 Å². The minimum atomic E-state index is 0.426. The van der Waals surface area contributed by atoms with E-state index >= 15 is 0 Å². The van der Waals surface area contributed by atoms with E-state index in [1.807, 2.05) is 48.5 Å². The van der Waals surface area contributed by atoms with Crippen LogP contribution in [0.5, 0.6) is 11.5 Å². The fourth-order valence-electron chi connectivity index (χ4n) is 2.08. The number of rotatable bonds is 3. The van der Waals surface area contributed by atoms with E-state index in [1.54, 1.807) is 6.20 Å². The highest BCUT2D eigenvalue weighted by Gasteiger charge is 2.09. The number of halogens is 1. The van der Waals surface area contributed by atoms with Crippen molar-refractivity contribution in [1.82, 2.24) is 4.98 Å². The highest BCUT2D eigenvalue weighted by molar-refractivity contribution is 6.35. The molecule has 1 aromatic heterocycles. The highest BCUT2D eigenvalue weighted by atomic mass is 35.5. The normalized spacial score (nSPS) is 10.7. The Morgan fingerprint density at radius 3 is 2.70 bits per heavy atom. The lowest BCUT2D eigenvalue weighted by molar-refractivity contribution is 0.481. The number of hydrogen-bond donors (Lipinski definition) is 1. The van der Waals surface area contributed by atoms with Crippen molar-refractivity contribution in [2.45, 2.75) is 6.54 Å². The summed E-state index contributed by atoms with van der Waals surface area (Å²) in [6, 6.07) is 15.1. The summed E-state index contributed by atoms with van der Waals surface area (Å²) in [4.78, 5) is 4.35. The van der Waals surface area contributed by atoms with E-state index < -0.39 is 0 Å². The Bertz CT molecular complexity index is 758. The number of para-hydroxylation sites is 1. The Labute approximate surface area is 122 Å². The van der Waals surface area contributed by atoms with Gasteiger partial charge >= 0.3 is 0 Å². The summed E-state index contributed by atoms with van der Waals surface area (Å²) in [7, 11) is 0. The van der Waals surface area contributed by atoms with Crippen molar-refractivity contribution in [3.63, 3.8) is 0 Å². The molecule has 20 heavy (non-hydrogen) atoms. The zero-order chi connectivity index (χ0) is 13.9. The van der Waals surface area contributed by atoms with Crippen molar-refractivity contribution in [2.75, 3.05) is 0 Å². The van der Waals surface area contributed by atoms with Crippen LogP contribution >= 0.6 is 11.6 Å². The smallest absolute Gasteiger partial charge is 0.153 e. The summed E-state index contributed by atoms with van der Waals surface area (Å²) in [6.07, 6.45) is 1.72. The van der Waals surface area contributed by atoms with Crippen LogP contribution in [0.3, 0.4) is 0 Å². The first kappa shape index (κ1) is 12.9. The molecule has 0 fully saturated rings. The van der Waals surface area contributed by atoms with Gasteiger partial charge in [0.15, 0.2) is 5.75 Å². The van der Waals surface area contributed by atoms with Gasteiger partial charge in [-0.1, -0.05) is 29.8 Å². The van der Waals surface area contributed by atoms with Crippen molar-refractivity contribution >= 4 is 22.5 Å². The number of hydrogen-bond acceptors (Lipinski definition) is 3. The zero-order valence-electron chi connectivity index (χ0n) is 10.7. The van der Waals surface area contributed by atoms with Crippen LogP contribution in [0, 0.1) is 0 Å². The topological polar surface area (TPSA) is 48.1 Å². The van der Waals surface area contributed by atoms with Crippen LogP contribution in [0.25, 0.3) is 10.9 Å². The molecule has 0 bridgehead atoms. The van der Waals surface area contributed by atoms with Crippen molar-refractivity contribution < 1.29 is 4.74 Å². The van der Waals surface area contributed by atoms with Crippen molar-refractivity contribution in [3.05, 3.63) is 65.3 Å². The molecule has 0 amide bonds. The molecular formula is C16H13ClN2O. The molecule has 3 aromatic rings. The van der Waals surface area contributed by atoms with Crippen LogP contribution in [0.2, 0.25) is 5.02 Å². The van der Waals surface area contributed by atoms with Crippen LogP contribution in [0.1, 0.15) is 5.56 Å². The quantitative estimate of drug-likeness (QED) is 0.786. The van der Waals surface area contributed by atoms with Gasteiger partial charge in [-0.25, -0.2) is 0 Å². The van der Waals surface area contributed by atoms with E-state index in [0.717, 1.165) is 22.2 Å². The van der Waals surface area contributed by atoms with E-state index in [4.69, 9.17) is 22.1 Å². The van der Waals surface area contributed by atoms with Crippen LogP contribution in [0.15, 0.2) is 54.7 Å².